The third kappa shape index (κ3) is 2.84. The highest BCUT2D eigenvalue weighted by molar-refractivity contribution is 5.84. The van der Waals surface area contributed by atoms with E-state index in [1.54, 1.807) is 0 Å². The van der Waals surface area contributed by atoms with Gasteiger partial charge in [0, 0.05) is 13.1 Å². The second-order valence-electron chi connectivity index (χ2n) is 6.23. The van der Waals surface area contributed by atoms with Gasteiger partial charge < -0.3 is 10.2 Å². The number of guanidine groups is 1. The molecule has 1 fully saturated rings. The monoisotopic (exact) mass is 291 g/mol. The molecule has 0 bridgehead atoms. The van der Waals surface area contributed by atoms with Crippen molar-refractivity contribution < 1.29 is 0 Å². The Labute approximate surface area is 131 Å². The highest BCUT2D eigenvalue weighted by Crippen LogP contribution is 2.19. The summed E-state index contributed by atoms with van der Waals surface area (Å²) in [7, 11) is 0. The molecule has 1 N–H and O–H groups in total. The van der Waals surface area contributed by atoms with Crippen molar-refractivity contribution in [1.82, 2.24) is 10.2 Å². The van der Waals surface area contributed by atoms with E-state index in [-0.39, 0.29) is 0 Å². The Morgan fingerprint density at radius 1 is 0.864 bits per heavy atom. The van der Waals surface area contributed by atoms with E-state index < -0.39 is 0 Å². The summed E-state index contributed by atoms with van der Waals surface area (Å²) < 4.78 is 0. The average molecular weight is 291 g/mol. The fourth-order valence-electron chi connectivity index (χ4n) is 3.43. The van der Waals surface area contributed by atoms with Crippen molar-refractivity contribution in [2.45, 2.75) is 24.9 Å². The van der Waals surface area contributed by atoms with Crippen LogP contribution in [0.4, 0.5) is 0 Å². The maximum Gasteiger partial charge on any atom is 0.194 e. The van der Waals surface area contributed by atoms with Gasteiger partial charge in [-0.1, -0.05) is 60.7 Å². The van der Waals surface area contributed by atoms with Crippen molar-refractivity contribution in [3.8, 4) is 0 Å². The van der Waals surface area contributed by atoms with Gasteiger partial charge in [0.15, 0.2) is 5.96 Å². The Morgan fingerprint density at radius 2 is 1.50 bits per heavy atom. The smallest absolute Gasteiger partial charge is 0.194 e. The SMILES string of the molecule is c1ccc(CC2CN3C[C@H](Cc4ccccc4)N=C3N2)cc1. The first-order chi connectivity index (χ1) is 10.9. The van der Waals surface area contributed by atoms with Gasteiger partial charge in [0.1, 0.15) is 0 Å². The lowest BCUT2D eigenvalue weighted by molar-refractivity contribution is 0.422. The molecule has 2 aromatic carbocycles. The van der Waals surface area contributed by atoms with Crippen molar-refractivity contribution in [3.05, 3.63) is 71.8 Å². The van der Waals surface area contributed by atoms with Crippen LogP contribution in [-0.2, 0) is 12.8 Å². The van der Waals surface area contributed by atoms with E-state index in [1.165, 1.54) is 11.1 Å². The Kier molecular flexibility index (Phi) is 3.55. The Hall–Kier alpha value is -2.29. The highest BCUT2D eigenvalue weighted by atomic mass is 15.4. The molecule has 0 aliphatic carbocycles. The molecule has 0 radical (unpaired) electrons. The van der Waals surface area contributed by atoms with Crippen LogP contribution < -0.4 is 5.32 Å². The summed E-state index contributed by atoms with van der Waals surface area (Å²) >= 11 is 0. The molecule has 2 heterocycles. The van der Waals surface area contributed by atoms with Crippen molar-refractivity contribution in [2.75, 3.05) is 13.1 Å². The van der Waals surface area contributed by atoms with E-state index in [2.05, 4.69) is 70.9 Å². The minimum atomic E-state index is 0.391. The van der Waals surface area contributed by atoms with Crippen molar-refractivity contribution >= 4 is 5.96 Å². The first-order valence-electron chi connectivity index (χ1n) is 8.04. The van der Waals surface area contributed by atoms with E-state index in [1.807, 2.05) is 0 Å². The number of benzene rings is 2. The van der Waals surface area contributed by atoms with Crippen LogP contribution in [0.1, 0.15) is 11.1 Å². The molecule has 0 saturated carbocycles. The molecule has 1 saturated heterocycles. The van der Waals surface area contributed by atoms with Crippen molar-refractivity contribution in [1.29, 1.82) is 0 Å². The van der Waals surface area contributed by atoms with Gasteiger partial charge in [-0.25, -0.2) is 4.99 Å². The van der Waals surface area contributed by atoms with Gasteiger partial charge in [-0.05, 0) is 24.0 Å². The standard InChI is InChI=1S/C19H21N3/c1-3-7-15(8-4-1)11-17-13-22-14-18(21-19(22)20-17)12-16-9-5-2-6-10-16/h1-10,17-18H,11-14H2,(H,20,21)/t17-,18?/m0/s1. The summed E-state index contributed by atoms with van der Waals surface area (Å²) in [4.78, 5) is 7.27. The lowest BCUT2D eigenvalue weighted by Gasteiger charge is -2.15. The van der Waals surface area contributed by atoms with Gasteiger partial charge in [0.2, 0.25) is 0 Å². The third-order valence-corrected chi connectivity index (χ3v) is 4.45. The molecule has 3 nitrogen and oxygen atoms in total. The van der Waals surface area contributed by atoms with E-state index in [9.17, 15) is 0 Å². The average Bonchev–Trinajstić information content (AvgIpc) is 3.07. The predicted octanol–water partition coefficient (Wildman–Crippen LogP) is 2.48. The van der Waals surface area contributed by atoms with Gasteiger partial charge in [-0.2, -0.15) is 0 Å². The number of fused-ring (bicyclic) bond motifs is 1. The zero-order valence-electron chi connectivity index (χ0n) is 12.7. The predicted molar refractivity (Wildman–Crippen MR) is 90.0 cm³/mol. The Bertz CT molecular complexity index is 651. The van der Waals surface area contributed by atoms with Crippen LogP contribution >= 0.6 is 0 Å². The number of hydrogen-bond donors (Lipinski definition) is 1. The largest absolute Gasteiger partial charge is 0.351 e. The van der Waals surface area contributed by atoms with Crippen molar-refractivity contribution in [3.63, 3.8) is 0 Å². The molecule has 2 aromatic rings. The van der Waals surface area contributed by atoms with Crippen LogP contribution in [0.3, 0.4) is 0 Å². The second-order valence-corrected chi connectivity index (χ2v) is 6.23. The zero-order chi connectivity index (χ0) is 14.8. The Morgan fingerprint density at radius 3 is 2.14 bits per heavy atom. The molecule has 2 aliphatic rings. The summed E-state index contributed by atoms with van der Waals surface area (Å²) in [5.41, 5.74) is 2.77. The molecule has 0 spiro atoms. The summed E-state index contributed by atoms with van der Waals surface area (Å²) in [6.45, 7) is 2.11. The van der Waals surface area contributed by atoms with Gasteiger partial charge >= 0.3 is 0 Å². The van der Waals surface area contributed by atoms with E-state index >= 15 is 0 Å². The van der Waals surface area contributed by atoms with Crippen LogP contribution in [0.2, 0.25) is 0 Å². The van der Waals surface area contributed by atoms with Gasteiger partial charge in [0.25, 0.3) is 0 Å². The van der Waals surface area contributed by atoms with Gasteiger partial charge in [0.05, 0.1) is 12.1 Å². The molecule has 3 heteroatoms. The fourth-order valence-corrected chi connectivity index (χ4v) is 3.43. The molecule has 2 atom stereocenters. The molecule has 0 aromatic heterocycles. The van der Waals surface area contributed by atoms with Crippen LogP contribution in [0.25, 0.3) is 0 Å². The lowest BCUT2D eigenvalue weighted by Crippen LogP contribution is -2.29. The number of aliphatic imine (C=N–C) groups is 1. The first-order valence-corrected chi connectivity index (χ1v) is 8.04. The topological polar surface area (TPSA) is 27.6 Å². The van der Waals surface area contributed by atoms with Crippen LogP contribution in [0, 0.1) is 0 Å². The molecule has 0 amide bonds. The molecular formula is C19H21N3. The first kappa shape index (κ1) is 13.4. The number of hydrogen-bond acceptors (Lipinski definition) is 3. The summed E-state index contributed by atoms with van der Waals surface area (Å²) in [6, 6.07) is 22.2. The molecule has 1 unspecified atom stereocenters. The van der Waals surface area contributed by atoms with Crippen LogP contribution in [0.15, 0.2) is 65.7 Å². The number of nitrogens with zero attached hydrogens (tertiary/aromatic N) is 2. The minimum Gasteiger partial charge on any atom is -0.351 e. The summed E-state index contributed by atoms with van der Waals surface area (Å²) in [6.07, 6.45) is 2.10. The van der Waals surface area contributed by atoms with E-state index in [0.29, 0.717) is 12.1 Å². The molecule has 112 valence electrons. The van der Waals surface area contributed by atoms with E-state index in [0.717, 1.165) is 31.9 Å². The van der Waals surface area contributed by atoms with Crippen LogP contribution in [-0.4, -0.2) is 36.0 Å². The second kappa shape index (κ2) is 5.84. The maximum atomic E-state index is 4.87. The summed E-state index contributed by atoms with van der Waals surface area (Å²) in [5.74, 6) is 1.10. The molecule has 4 rings (SSSR count). The third-order valence-electron chi connectivity index (χ3n) is 4.45. The molecule has 2 aliphatic heterocycles. The Balaban J connectivity index is 1.37. The zero-order valence-corrected chi connectivity index (χ0v) is 12.7. The summed E-state index contributed by atoms with van der Waals surface area (Å²) in [5, 5.41) is 3.59. The maximum absolute atomic E-state index is 4.87. The number of nitrogens with one attached hydrogen (secondary N) is 1. The van der Waals surface area contributed by atoms with Gasteiger partial charge in [-0.15, -0.1) is 0 Å². The quantitative estimate of drug-likeness (QED) is 0.937. The minimum absolute atomic E-state index is 0.391. The van der Waals surface area contributed by atoms with Crippen molar-refractivity contribution in [2.24, 2.45) is 4.99 Å². The van der Waals surface area contributed by atoms with Gasteiger partial charge in [-0.3, -0.25) is 0 Å². The van der Waals surface area contributed by atoms with E-state index in [4.69, 9.17) is 4.99 Å². The lowest BCUT2D eigenvalue weighted by atomic mass is 10.1. The van der Waals surface area contributed by atoms with Crippen LogP contribution in [0.5, 0.6) is 0 Å². The number of rotatable bonds is 4. The normalized spacial score (nSPS) is 23.1. The molecule has 22 heavy (non-hydrogen) atoms. The fraction of sp³-hybridized carbons (Fsp3) is 0.316. The molecular weight excluding hydrogens is 270 g/mol. The highest BCUT2D eigenvalue weighted by Gasteiger charge is 2.33.